The Labute approximate surface area is 103 Å². The molecule has 0 aliphatic heterocycles. The van der Waals surface area contributed by atoms with E-state index in [1.165, 1.54) is 0 Å². The number of rotatable bonds is 9. The van der Waals surface area contributed by atoms with E-state index in [0.29, 0.717) is 12.1 Å². The zero-order valence-electron chi connectivity index (χ0n) is 10.8. The first-order valence-corrected chi connectivity index (χ1v) is 6.17. The lowest BCUT2D eigenvalue weighted by molar-refractivity contribution is 0.155. The minimum absolute atomic E-state index is 0.377. The van der Waals surface area contributed by atoms with Gasteiger partial charge in [-0.2, -0.15) is 0 Å². The molecule has 0 bridgehead atoms. The second kappa shape index (κ2) is 8.22. The van der Waals surface area contributed by atoms with Gasteiger partial charge in [-0.05, 0) is 26.3 Å². The molecule has 1 aromatic rings. The maximum atomic E-state index is 5.53. The smallest absolute Gasteiger partial charge is 0.0946 e. The summed E-state index contributed by atoms with van der Waals surface area (Å²) in [5.41, 5.74) is 5.53. The summed E-state index contributed by atoms with van der Waals surface area (Å²) in [6.45, 7) is 4.56. The summed E-state index contributed by atoms with van der Waals surface area (Å²) in [6.07, 6.45) is 7.69. The summed E-state index contributed by atoms with van der Waals surface area (Å²) in [4.78, 5) is 4.03. The Morgan fingerprint density at radius 3 is 2.94 bits per heavy atom. The van der Waals surface area contributed by atoms with Crippen molar-refractivity contribution < 1.29 is 4.74 Å². The fourth-order valence-electron chi connectivity index (χ4n) is 1.95. The van der Waals surface area contributed by atoms with E-state index in [1.54, 1.807) is 13.3 Å². The van der Waals surface area contributed by atoms with E-state index in [-0.39, 0.29) is 0 Å². The maximum absolute atomic E-state index is 5.53. The molecule has 0 saturated carbocycles. The van der Waals surface area contributed by atoms with E-state index >= 15 is 0 Å². The van der Waals surface area contributed by atoms with Gasteiger partial charge in [0.25, 0.3) is 0 Å². The van der Waals surface area contributed by atoms with Crippen LogP contribution in [0.15, 0.2) is 18.7 Å². The lowest BCUT2D eigenvalue weighted by Crippen LogP contribution is -2.41. The van der Waals surface area contributed by atoms with E-state index in [4.69, 9.17) is 10.5 Å². The van der Waals surface area contributed by atoms with Crippen LogP contribution < -0.4 is 11.1 Å². The molecule has 17 heavy (non-hydrogen) atoms. The summed E-state index contributed by atoms with van der Waals surface area (Å²) in [5, 5.41) is 3.56. The van der Waals surface area contributed by atoms with Crippen LogP contribution in [-0.2, 0) is 11.3 Å². The highest BCUT2D eigenvalue weighted by molar-refractivity contribution is 4.78. The van der Waals surface area contributed by atoms with Crippen molar-refractivity contribution in [2.24, 2.45) is 5.73 Å². The van der Waals surface area contributed by atoms with Crippen molar-refractivity contribution in [1.82, 2.24) is 14.9 Å². The Morgan fingerprint density at radius 1 is 1.53 bits per heavy atom. The molecule has 5 heteroatoms. The molecule has 1 aromatic heterocycles. The third-order valence-corrected chi connectivity index (χ3v) is 2.69. The van der Waals surface area contributed by atoms with Gasteiger partial charge in [-0.1, -0.05) is 0 Å². The van der Waals surface area contributed by atoms with Gasteiger partial charge in [0, 0.05) is 38.1 Å². The minimum Gasteiger partial charge on any atom is -0.383 e. The van der Waals surface area contributed by atoms with E-state index in [0.717, 1.165) is 32.5 Å². The number of nitrogens with one attached hydrogen (secondary N) is 1. The van der Waals surface area contributed by atoms with Gasteiger partial charge in [-0.3, -0.25) is 0 Å². The second-order valence-electron chi connectivity index (χ2n) is 4.41. The van der Waals surface area contributed by atoms with Gasteiger partial charge in [0.2, 0.25) is 0 Å². The highest BCUT2D eigenvalue weighted by atomic mass is 16.5. The van der Waals surface area contributed by atoms with Crippen molar-refractivity contribution in [3.63, 3.8) is 0 Å². The molecule has 5 nitrogen and oxygen atoms in total. The molecule has 0 aromatic carbocycles. The molecular formula is C12H24N4O. The van der Waals surface area contributed by atoms with Gasteiger partial charge >= 0.3 is 0 Å². The Bertz CT molecular complexity index is 276. The molecule has 2 unspecified atom stereocenters. The molecule has 0 saturated heterocycles. The predicted octanol–water partition coefficient (Wildman–Crippen LogP) is 0.615. The topological polar surface area (TPSA) is 65.1 Å². The average Bonchev–Trinajstić information content (AvgIpc) is 2.78. The summed E-state index contributed by atoms with van der Waals surface area (Å²) in [6, 6.07) is 0.768. The van der Waals surface area contributed by atoms with E-state index < -0.39 is 0 Å². The third kappa shape index (κ3) is 5.81. The minimum atomic E-state index is 0.377. The first-order chi connectivity index (χ1) is 8.26. The van der Waals surface area contributed by atoms with Crippen molar-refractivity contribution >= 4 is 0 Å². The molecule has 0 spiro atoms. The highest BCUT2D eigenvalue weighted by Gasteiger charge is 2.11. The number of ether oxygens (including phenoxy) is 1. The molecular weight excluding hydrogens is 216 g/mol. The average molecular weight is 240 g/mol. The van der Waals surface area contributed by atoms with Crippen molar-refractivity contribution in [2.75, 3.05) is 20.3 Å². The van der Waals surface area contributed by atoms with Gasteiger partial charge in [-0.25, -0.2) is 4.98 Å². The summed E-state index contributed by atoms with van der Waals surface area (Å²) < 4.78 is 7.29. The standard InChI is InChI=1S/C12H24N4O/c1-11(8-16-7-6-14-10-16)15-12(9-17-2)4-3-5-13/h6-7,10-12,15H,3-5,8-9,13H2,1-2H3. The molecule has 98 valence electrons. The number of imidazole rings is 1. The van der Waals surface area contributed by atoms with Crippen LogP contribution in [0.4, 0.5) is 0 Å². The van der Waals surface area contributed by atoms with Crippen molar-refractivity contribution in [3.8, 4) is 0 Å². The second-order valence-corrected chi connectivity index (χ2v) is 4.41. The normalized spacial score (nSPS) is 14.8. The van der Waals surface area contributed by atoms with Gasteiger partial charge in [0.15, 0.2) is 0 Å². The Morgan fingerprint density at radius 2 is 2.35 bits per heavy atom. The Kier molecular flexibility index (Phi) is 6.84. The van der Waals surface area contributed by atoms with Crippen molar-refractivity contribution in [2.45, 2.75) is 38.4 Å². The SMILES string of the molecule is COCC(CCCN)NC(C)Cn1ccnc1. The molecule has 1 rings (SSSR count). The predicted molar refractivity (Wildman–Crippen MR) is 68.8 cm³/mol. The number of hydrogen-bond donors (Lipinski definition) is 2. The Balaban J connectivity index is 2.31. The molecule has 0 aliphatic rings. The molecule has 0 aliphatic carbocycles. The van der Waals surface area contributed by atoms with Crippen LogP contribution in [0.25, 0.3) is 0 Å². The first kappa shape index (κ1) is 14.2. The lowest BCUT2D eigenvalue weighted by atomic mass is 10.1. The number of methoxy groups -OCH3 is 1. The van der Waals surface area contributed by atoms with Crippen LogP contribution in [-0.4, -0.2) is 41.9 Å². The van der Waals surface area contributed by atoms with Gasteiger partial charge in [0.1, 0.15) is 0 Å². The molecule has 3 N–H and O–H groups in total. The third-order valence-electron chi connectivity index (χ3n) is 2.69. The van der Waals surface area contributed by atoms with Crippen LogP contribution in [0.5, 0.6) is 0 Å². The van der Waals surface area contributed by atoms with Gasteiger partial charge < -0.3 is 20.4 Å². The molecule has 2 atom stereocenters. The van der Waals surface area contributed by atoms with E-state index in [1.807, 2.05) is 12.5 Å². The fourth-order valence-corrected chi connectivity index (χ4v) is 1.95. The number of nitrogens with zero attached hydrogens (tertiary/aromatic N) is 2. The summed E-state index contributed by atoms with van der Waals surface area (Å²) in [7, 11) is 1.73. The van der Waals surface area contributed by atoms with Crippen LogP contribution in [0.2, 0.25) is 0 Å². The fraction of sp³-hybridized carbons (Fsp3) is 0.750. The van der Waals surface area contributed by atoms with E-state index in [9.17, 15) is 0 Å². The monoisotopic (exact) mass is 240 g/mol. The number of aromatic nitrogens is 2. The van der Waals surface area contributed by atoms with Gasteiger partial charge in [-0.15, -0.1) is 0 Å². The largest absolute Gasteiger partial charge is 0.383 e. The zero-order valence-corrected chi connectivity index (χ0v) is 10.8. The number of nitrogens with two attached hydrogens (primary N) is 1. The Hall–Kier alpha value is -0.910. The lowest BCUT2D eigenvalue weighted by Gasteiger charge is -2.23. The maximum Gasteiger partial charge on any atom is 0.0946 e. The number of hydrogen-bond acceptors (Lipinski definition) is 4. The van der Waals surface area contributed by atoms with Gasteiger partial charge in [0.05, 0.1) is 12.9 Å². The zero-order chi connectivity index (χ0) is 12.5. The van der Waals surface area contributed by atoms with Crippen LogP contribution >= 0.6 is 0 Å². The van der Waals surface area contributed by atoms with E-state index in [2.05, 4.69) is 21.8 Å². The summed E-state index contributed by atoms with van der Waals surface area (Å²) in [5.74, 6) is 0. The van der Waals surface area contributed by atoms with Crippen LogP contribution in [0, 0.1) is 0 Å². The van der Waals surface area contributed by atoms with Crippen molar-refractivity contribution in [3.05, 3.63) is 18.7 Å². The summed E-state index contributed by atoms with van der Waals surface area (Å²) >= 11 is 0. The first-order valence-electron chi connectivity index (χ1n) is 6.17. The van der Waals surface area contributed by atoms with Crippen LogP contribution in [0.1, 0.15) is 19.8 Å². The van der Waals surface area contributed by atoms with Crippen LogP contribution in [0.3, 0.4) is 0 Å². The molecule has 0 fully saturated rings. The molecule has 0 amide bonds. The van der Waals surface area contributed by atoms with Crippen molar-refractivity contribution in [1.29, 1.82) is 0 Å². The molecule has 1 heterocycles. The quantitative estimate of drug-likeness (QED) is 0.664. The highest BCUT2D eigenvalue weighted by Crippen LogP contribution is 2.00. The molecule has 0 radical (unpaired) electrons.